The minimum Gasteiger partial charge on any atom is -0.444 e. The van der Waals surface area contributed by atoms with E-state index in [9.17, 15) is 9.59 Å². The third kappa shape index (κ3) is 8.19. The van der Waals surface area contributed by atoms with Crippen molar-refractivity contribution in [3.05, 3.63) is 57.6 Å². The Morgan fingerprint density at radius 3 is 2.27 bits per heavy atom. The molecule has 0 N–H and O–H groups in total. The van der Waals surface area contributed by atoms with Crippen LogP contribution in [0, 0.1) is 5.41 Å². The number of hydrogen-bond acceptors (Lipinski definition) is 3. The molecule has 184 valence electrons. The van der Waals surface area contributed by atoms with Crippen LogP contribution in [0.2, 0.25) is 10.0 Å². The van der Waals surface area contributed by atoms with Crippen LogP contribution in [-0.4, -0.2) is 35.5 Å². The maximum atomic E-state index is 13.6. The molecule has 1 fully saturated rings. The number of halogens is 2. The number of likely N-dealkylation sites (tertiary alicyclic amines) is 1. The zero-order valence-corrected chi connectivity index (χ0v) is 22.6. The third-order valence-corrected chi connectivity index (χ3v) is 6.02. The molecule has 1 aliphatic carbocycles. The van der Waals surface area contributed by atoms with Gasteiger partial charge in [-0.1, -0.05) is 74.7 Å². The van der Waals surface area contributed by atoms with E-state index in [0.717, 1.165) is 18.4 Å². The second kappa shape index (κ2) is 13.2. The van der Waals surface area contributed by atoms with Crippen molar-refractivity contribution in [1.29, 1.82) is 0 Å². The first-order valence-electron chi connectivity index (χ1n) is 11.9. The molecule has 3 rings (SSSR count). The van der Waals surface area contributed by atoms with Gasteiger partial charge in [0.2, 0.25) is 0 Å². The van der Waals surface area contributed by atoms with E-state index in [0.29, 0.717) is 41.5 Å². The number of rotatable bonds is 4. The Morgan fingerprint density at radius 2 is 1.73 bits per heavy atom. The lowest BCUT2D eigenvalue weighted by Gasteiger charge is -2.30. The first-order valence-corrected chi connectivity index (χ1v) is 12.7. The van der Waals surface area contributed by atoms with Crippen molar-refractivity contribution in [2.24, 2.45) is 5.41 Å². The van der Waals surface area contributed by atoms with Crippen molar-refractivity contribution in [3.8, 4) is 0 Å². The van der Waals surface area contributed by atoms with E-state index in [-0.39, 0.29) is 11.9 Å². The molecule has 1 atom stereocenters. The van der Waals surface area contributed by atoms with Gasteiger partial charge in [0.15, 0.2) is 5.78 Å². The molecule has 0 radical (unpaired) electrons. The Bertz CT molecular complexity index is 871. The van der Waals surface area contributed by atoms with Gasteiger partial charge in [-0.25, -0.2) is 4.79 Å². The lowest BCUT2D eigenvalue weighted by Crippen LogP contribution is -2.39. The van der Waals surface area contributed by atoms with E-state index in [4.69, 9.17) is 27.9 Å². The summed E-state index contributed by atoms with van der Waals surface area (Å²) in [6.07, 6.45) is 9.17. The van der Waals surface area contributed by atoms with Crippen molar-refractivity contribution in [2.75, 3.05) is 13.1 Å². The van der Waals surface area contributed by atoms with Gasteiger partial charge < -0.3 is 9.64 Å². The van der Waals surface area contributed by atoms with Crippen LogP contribution in [0.25, 0.3) is 0 Å². The number of allylic oxidation sites excluding steroid dienone is 4. The molecular formula is C27H39Cl2NO3. The first-order chi connectivity index (χ1) is 15.6. The predicted molar refractivity (Wildman–Crippen MR) is 139 cm³/mol. The van der Waals surface area contributed by atoms with E-state index < -0.39 is 11.0 Å². The number of ketones is 1. The molecule has 1 saturated heterocycles. The third-order valence-electron chi connectivity index (χ3n) is 5.28. The van der Waals surface area contributed by atoms with Crippen LogP contribution in [0.4, 0.5) is 4.79 Å². The molecule has 4 nitrogen and oxygen atoms in total. The summed E-state index contributed by atoms with van der Waals surface area (Å²) in [5.41, 5.74) is 0.369. The zero-order valence-electron chi connectivity index (χ0n) is 21.1. The Kier molecular flexibility index (Phi) is 11.7. The fourth-order valence-electron chi connectivity index (χ4n) is 3.90. The SMILES string of the molecule is CC.CC.CC(C)(C)OC(=O)N1CCC(CC2=CCCC=C2)(C(=O)c2ccc(Cl)c(Cl)c2)C1. The summed E-state index contributed by atoms with van der Waals surface area (Å²) in [6.45, 7) is 14.3. The van der Waals surface area contributed by atoms with Gasteiger partial charge in [-0.2, -0.15) is 0 Å². The molecule has 1 amide bonds. The summed E-state index contributed by atoms with van der Waals surface area (Å²) < 4.78 is 5.53. The summed E-state index contributed by atoms with van der Waals surface area (Å²) in [5.74, 6) is -0.0120. The number of benzene rings is 1. The average molecular weight is 497 g/mol. The fourth-order valence-corrected chi connectivity index (χ4v) is 4.20. The van der Waals surface area contributed by atoms with Crippen molar-refractivity contribution in [2.45, 2.75) is 79.8 Å². The quantitative estimate of drug-likeness (QED) is 0.393. The number of Topliss-reactive ketones (excluding diaryl/α,β-unsaturated/α-hetero) is 1. The van der Waals surface area contributed by atoms with Gasteiger partial charge in [0.25, 0.3) is 0 Å². The molecule has 0 bridgehead atoms. The summed E-state index contributed by atoms with van der Waals surface area (Å²) in [5, 5.41) is 0.767. The topological polar surface area (TPSA) is 46.6 Å². The lowest BCUT2D eigenvalue weighted by molar-refractivity contribution is 0.0274. The molecule has 0 aromatic heterocycles. The standard InChI is InChI=1S/C23H27Cl2NO3.2C2H6/c1-22(2,3)29-21(28)26-12-11-23(15-26,14-16-7-5-4-6-8-16)20(27)17-9-10-18(24)19(25)13-17;2*1-2/h5,7-10,13H,4,6,11-12,14-15H2,1-3H3;2*1-2H3. The number of ether oxygens (including phenoxy) is 1. The number of hydrogen-bond donors (Lipinski definition) is 0. The van der Waals surface area contributed by atoms with Crippen LogP contribution >= 0.6 is 23.2 Å². The van der Waals surface area contributed by atoms with Gasteiger partial charge in [0, 0.05) is 18.7 Å². The van der Waals surface area contributed by atoms with Crippen LogP contribution < -0.4 is 0 Å². The molecule has 1 unspecified atom stereocenters. The monoisotopic (exact) mass is 495 g/mol. The Morgan fingerprint density at radius 1 is 1.06 bits per heavy atom. The molecule has 2 aliphatic rings. The van der Waals surface area contributed by atoms with Gasteiger partial charge in [-0.15, -0.1) is 0 Å². The van der Waals surface area contributed by atoms with Gasteiger partial charge in [-0.3, -0.25) is 4.79 Å². The van der Waals surface area contributed by atoms with Crippen LogP contribution in [0.15, 0.2) is 42.0 Å². The molecule has 1 aromatic rings. The van der Waals surface area contributed by atoms with Crippen LogP contribution in [-0.2, 0) is 4.74 Å². The Labute approximate surface area is 210 Å². The predicted octanol–water partition coefficient (Wildman–Crippen LogP) is 8.52. The van der Waals surface area contributed by atoms with Crippen LogP contribution in [0.3, 0.4) is 0 Å². The normalized spacial score (nSPS) is 19.5. The summed E-state index contributed by atoms with van der Waals surface area (Å²) in [4.78, 5) is 27.9. The minimum absolute atomic E-state index is 0.0120. The smallest absolute Gasteiger partial charge is 0.410 e. The Balaban J connectivity index is 0.00000129. The zero-order chi connectivity index (χ0) is 25.2. The number of carbonyl (C=O) groups is 2. The van der Waals surface area contributed by atoms with Crippen molar-refractivity contribution in [3.63, 3.8) is 0 Å². The number of nitrogens with zero attached hydrogens (tertiary/aromatic N) is 1. The van der Waals surface area contributed by atoms with Gasteiger partial charge in [0.05, 0.1) is 15.5 Å². The van der Waals surface area contributed by atoms with E-state index >= 15 is 0 Å². The highest BCUT2D eigenvalue weighted by molar-refractivity contribution is 6.42. The molecule has 6 heteroatoms. The molecule has 1 heterocycles. The van der Waals surface area contributed by atoms with E-state index in [1.807, 2.05) is 48.5 Å². The highest BCUT2D eigenvalue weighted by Crippen LogP contribution is 2.42. The molecular weight excluding hydrogens is 457 g/mol. The van der Waals surface area contributed by atoms with Crippen LogP contribution in [0.1, 0.15) is 84.5 Å². The van der Waals surface area contributed by atoms with E-state index in [1.165, 1.54) is 0 Å². The maximum Gasteiger partial charge on any atom is 0.410 e. The molecule has 33 heavy (non-hydrogen) atoms. The van der Waals surface area contributed by atoms with Gasteiger partial charge in [-0.05, 0) is 64.7 Å². The van der Waals surface area contributed by atoms with Gasteiger partial charge in [0.1, 0.15) is 5.60 Å². The lowest BCUT2D eigenvalue weighted by atomic mass is 9.74. The highest BCUT2D eigenvalue weighted by atomic mass is 35.5. The van der Waals surface area contributed by atoms with Gasteiger partial charge >= 0.3 is 6.09 Å². The van der Waals surface area contributed by atoms with Crippen molar-refractivity contribution in [1.82, 2.24) is 4.90 Å². The minimum atomic E-state index is -0.707. The molecule has 1 aliphatic heterocycles. The van der Waals surface area contributed by atoms with Crippen LogP contribution in [0.5, 0.6) is 0 Å². The first kappa shape index (κ1) is 29.3. The largest absolute Gasteiger partial charge is 0.444 e. The second-order valence-electron chi connectivity index (χ2n) is 8.83. The number of amides is 1. The van der Waals surface area contributed by atoms with Crippen molar-refractivity contribution < 1.29 is 14.3 Å². The summed E-state index contributed by atoms with van der Waals surface area (Å²) >= 11 is 12.2. The summed E-state index contributed by atoms with van der Waals surface area (Å²) in [6, 6.07) is 4.97. The van der Waals surface area contributed by atoms with E-state index in [2.05, 4.69) is 18.2 Å². The number of carbonyl (C=O) groups excluding carboxylic acids is 2. The molecule has 0 spiro atoms. The fraction of sp³-hybridized carbons (Fsp3) is 0.556. The Hall–Kier alpha value is -1.78. The maximum absolute atomic E-state index is 13.6. The molecule has 1 aromatic carbocycles. The summed E-state index contributed by atoms with van der Waals surface area (Å²) in [7, 11) is 0. The molecule has 0 saturated carbocycles. The van der Waals surface area contributed by atoms with E-state index in [1.54, 1.807) is 23.1 Å². The highest BCUT2D eigenvalue weighted by Gasteiger charge is 2.47. The second-order valence-corrected chi connectivity index (χ2v) is 9.64. The van der Waals surface area contributed by atoms with Crippen molar-refractivity contribution >= 4 is 35.1 Å². The average Bonchev–Trinajstić information content (AvgIpc) is 3.23.